The summed E-state index contributed by atoms with van der Waals surface area (Å²) >= 11 is 0. The van der Waals surface area contributed by atoms with Crippen LogP contribution in [-0.4, -0.2) is 17.4 Å². The van der Waals surface area contributed by atoms with Gasteiger partial charge in [0.25, 0.3) is 0 Å². The number of rotatable bonds is 4. The zero-order chi connectivity index (χ0) is 10.7. The fraction of sp³-hybridized carbons (Fsp3) is 0.923. The summed E-state index contributed by atoms with van der Waals surface area (Å²) in [6, 6.07) is 0.502. The van der Waals surface area contributed by atoms with Crippen LogP contribution in [0.1, 0.15) is 64.7 Å². The van der Waals surface area contributed by atoms with Gasteiger partial charge in [0.1, 0.15) is 5.78 Å². The lowest BCUT2D eigenvalue weighted by atomic mass is 9.73. The monoisotopic (exact) mass is 209 g/mol. The highest BCUT2D eigenvalue weighted by molar-refractivity contribution is 5.81. The molecule has 0 amide bonds. The predicted molar refractivity (Wildman–Crippen MR) is 61.9 cm³/mol. The highest BCUT2D eigenvalue weighted by Crippen LogP contribution is 2.35. The van der Waals surface area contributed by atoms with Crippen molar-refractivity contribution in [1.29, 1.82) is 0 Å². The fourth-order valence-electron chi connectivity index (χ4n) is 3.28. The zero-order valence-corrected chi connectivity index (χ0v) is 9.85. The Kier molecular flexibility index (Phi) is 3.45. The lowest BCUT2D eigenvalue weighted by Crippen LogP contribution is -2.58. The number of carbonyl (C=O) groups excluding carboxylic acids is 1. The molecule has 1 N–H and O–H groups in total. The summed E-state index contributed by atoms with van der Waals surface area (Å²) in [6.07, 6.45) is 10.4. The first-order valence-electron chi connectivity index (χ1n) is 6.53. The number of hydrogen-bond acceptors (Lipinski definition) is 2. The summed E-state index contributed by atoms with van der Waals surface area (Å²) in [5.74, 6) is 0.495. The molecule has 2 nitrogen and oxygen atoms in total. The van der Waals surface area contributed by atoms with E-state index in [0.717, 1.165) is 12.8 Å². The molecular formula is C13H23NO. The Bertz CT molecular complexity index is 239. The van der Waals surface area contributed by atoms with Gasteiger partial charge in [0.05, 0.1) is 0 Å². The maximum Gasteiger partial charge on any atom is 0.136 e. The molecule has 0 aromatic carbocycles. The van der Waals surface area contributed by atoms with E-state index in [2.05, 4.69) is 12.2 Å². The van der Waals surface area contributed by atoms with Crippen molar-refractivity contribution in [2.75, 3.05) is 0 Å². The van der Waals surface area contributed by atoms with Crippen molar-refractivity contribution in [1.82, 2.24) is 5.32 Å². The minimum atomic E-state index is 0.202. The molecule has 2 bridgehead atoms. The van der Waals surface area contributed by atoms with Gasteiger partial charge in [0.2, 0.25) is 0 Å². The molecule has 0 aromatic rings. The van der Waals surface area contributed by atoms with Crippen LogP contribution in [0, 0.1) is 0 Å². The van der Waals surface area contributed by atoms with Crippen LogP contribution in [0.4, 0.5) is 0 Å². The van der Waals surface area contributed by atoms with Gasteiger partial charge in [0.15, 0.2) is 0 Å². The molecule has 86 valence electrons. The second kappa shape index (κ2) is 4.65. The van der Waals surface area contributed by atoms with Gasteiger partial charge >= 0.3 is 0 Å². The van der Waals surface area contributed by atoms with E-state index in [1.165, 1.54) is 44.9 Å². The quantitative estimate of drug-likeness (QED) is 0.721. The minimum Gasteiger partial charge on any atom is -0.308 e. The van der Waals surface area contributed by atoms with Crippen LogP contribution in [0.3, 0.4) is 0 Å². The first-order valence-corrected chi connectivity index (χ1v) is 6.53. The van der Waals surface area contributed by atoms with Gasteiger partial charge in [-0.3, -0.25) is 4.79 Å². The highest BCUT2D eigenvalue weighted by Gasteiger charge is 2.41. The van der Waals surface area contributed by atoms with E-state index < -0.39 is 0 Å². The second-order valence-corrected chi connectivity index (χ2v) is 5.39. The van der Waals surface area contributed by atoms with Gasteiger partial charge in [-0.2, -0.15) is 0 Å². The van der Waals surface area contributed by atoms with Gasteiger partial charge in [-0.05, 0) is 19.3 Å². The van der Waals surface area contributed by atoms with Gasteiger partial charge in [0, 0.05) is 24.4 Å². The third-order valence-electron chi connectivity index (χ3n) is 3.99. The smallest absolute Gasteiger partial charge is 0.136 e. The molecule has 2 fully saturated rings. The Morgan fingerprint density at radius 1 is 1.47 bits per heavy atom. The van der Waals surface area contributed by atoms with Crippen molar-refractivity contribution in [3.8, 4) is 0 Å². The van der Waals surface area contributed by atoms with Crippen molar-refractivity contribution in [2.45, 2.75) is 76.3 Å². The number of fused-ring (bicyclic) bond motifs is 2. The Morgan fingerprint density at radius 2 is 2.33 bits per heavy atom. The van der Waals surface area contributed by atoms with Crippen molar-refractivity contribution in [3.63, 3.8) is 0 Å². The van der Waals surface area contributed by atoms with Crippen molar-refractivity contribution in [2.24, 2.45) is 0 Å². The predicted octanol–water partition coefficient (Wildman–Crippen LogP) is 2.81. The third-order valence-corrected chi connectivity index (χ3v) is 3.99. The van der Waals surface area contributed by atoms with E-state index in [1.54, 1.807) is 0 Å². The number of Topliss-reactive ketones (excluding diaryl/α,β-unsaturated/α-hetero) is 1. The van der Waals surface area contributed by atoms with E-state index in [4.69, 9.17) is 0 Å². The van der Waals surface area contributed by atoms with Crippen LogP contribution in [0.25, 0.3) is 0 Å². The molecule has 2 aliphatic rings. The second-order valence-electron chi connectivity index (χ2n) is 5.39. The normalized spacial score (nSPS) is 35.5. The molecule has 2 aliphatic heterocycles. The van der Waals surface area contributed by atoms with Crippen LogP contribution in [-0.2, 0) is 4.79 Å². The van der Waals surface area contributed by atoms with E-state index in [1.807, 2.05) is 0 Å². The molecule has 2 heteroatoms. The number of unbranched alkanes of at least 4 members (excludes halogenated alkanes) is 2. The molecule has 0 radical (unpaired) electrons. The summed E-state index contributed by atoms with van der Waals surface area (Å²) in [5.41, 5.74) is 0.202. The van der Waals surface area contributed by atoms with Crippen LogP contribution < -0.4 is 5.32 Å². The maximum atomic E-state index is 11.7. The molecule has 0 saturated carbocycles. The van der Waals surface area contributed by atoms with Crippen LogP contribution in [0.15, 0.2) is 0 Å². The lowest BCUT2D eigenvalue weighted by molar-refractivity contribution is -0.124. The summed E-state index contributed by atoms with van der Waals surface area (Å²) < 4.78 is 0. The Hall–Kier alpha value is -0.370. The number of hydrogen-bond donors (Lipinski definition) is 1. The summed E-state index contributed by atoms with van der Waals surface area (Å²) in [7, 11) is 0. The molecule has 2 heterocycles. The number of carbonyl (C=O) groups is 1. The van der Waals surface area contributed by atoms with Gasteiger partial charge in [-0.1, -0.05) is 32.6 Å². The highest BCUT2D eigenvalue weighted by atomic mass is 16.1. The van der Waals surface area contributed by atoms with Crippen LogP contribution >= 0.6 is 0 Å². The van der Waals surface area contributed by atoms with Crippen LogP contribution in [0.5, 0.6) is 0 Å². The fourth-order valence-corrected chi connectivity index (χ4v) is 3.28. The van der Waals surface area contributed by atoms with E-state index in [-0.39, 0.29) is 5.54 Å². The average molecular weight is 209 g/mol. The molecular weight excluding hydrogens is 186 g/mol. The van der Waals surface area contributed by atoms with E-state index in [0.29, 0.717) is 11.8 Å². The molecule has 2 saturated heterocycles. The van der Waals surface area contributed by atoms with Gasteiger partial charge < -0.3 is 5.32 Å². The van der Waals surface area contributed by atoms with Gasteiger partial charge in [-0.25, -0.2) is 0 Å². The first-order chi connectivity index (χ1) is 7.24. The SMILES string of the molecule is CCCCC[C@]12CCCC(CC(=O)C1)N2. The molecule has 2 atom stereocenters. The van der Waals surface area contributed by atoms with Gasteiger partial charge in [-0.15, -0.1) is 0 Å². The standard InChI is InChI=1S/C13H23NO/c1-2-3-4-7-13-8-5-6-11(14-13)9-12(15)10-13/h11,14H,2-10H2,1H3/t11?,13-/m0/s1. The van der Waals surface area contributed by atoms with Crippen molar-refractivity contribution >= 4 is 5.78 Å². The Balaban J connectivity index is 1.94. The molecule has 15 heavy (non-hydrogen) atoms. The topological polar surface area (TPSA) is 29.1 Å². The summed E-state index contributed by atoms with van der Waals surface area (Å²) in [4.78, 5) is 11.7. The maximum absolute atomic E-state index is 11.7. The Morgan fingerprint density at radius 3 is 3.13 bits per heavy atom. The largest absolute Gasteiger partial charge is 0.308 e. The number of ketones is 1. The number of nitrogens with one attached hydrogen (secondary N) is 1. The molecule has 0 aromatic heterocycles. The van der Waals surface area contributed by atoms with Crippen molar-refractivity contribution in [3.05, 3.63) is 0 Å². The minimum absolute atomic E-state index is 0.202. The average Bonchev–Trinajstić information content (AvgIpc) is 2.16. The zero-order valence-electron chi connectivity index (χ0n) is 9.85. The van der Waals surface area contributed by atoms with Crippen LogP contribution in [0.2, 0.25) is 0 Å². The molecule has 0 aliphatic carbocycles. The molecule has 2 rings (SSSR count). The van der Waals surface area contributed by atoms with Crippen molar-refractivity contribution < 1.29 is 4.79 Å². The number of piperidine rings is 2. The third kappa shape index (κ3) is 2.60. The molecule has 0 spiro atoms. The van der Waals surface area contributed by atoms with E-state index in [9.17, 15) is 4.79 Å². The first kappa shape index (κ1) is 11.1. The summed E-state index contributed by atoms with van der Waals surface area (Å²) in [5, 5.41) is 3.73. The lowest BCUT2D eigenvalue weighted by Gasteiger charge is -2.46. The van der Waals surface area contributed by atoms with E-state index >= 15 is 0 Å². The Labute approximate surface area is 92.8 Å². The summed E-state index contributed by atoms with van der Waals surface area (Å²) in [6.45, 7) is 2.24. The molecule has 1 unspecified atom stereocenters.